The number of aromatic amines is 2. The number of fused-ring (bicyclic) bond motifs is 4. The Balaban J connectivity index is 1.44. The number of hydrogen-bond donors (Lipinski definition) is 2. The lowest BCUT2D eigenvalue weighted by molar-refractivity contribution is 0.103. The molecule has 10 heteroatoms. The van der Waals surface area contributed by atoms with Gasteiger partial charge in [0, 0.05) is 24.8 Å². The highest BCUT2D eigenvalue weighted by atomic mass is 79.9. The summed E-state index contributed by atoms with van der Waals surface area (Å²) >= 11 is 3.51. The highest BCUT2D eigenvalue weighted by molar-refractivity contribution is 9.10. The van der Waals surface area contributed by atoms with E-state index in [2.05, 4.69) is 56.2 Å². The van der Waals surface area contributed by atoms with Crippen LogP contribution in [0.1, 0.15) is 27.2 Å². The highest BCUT2D eigenvalue weighted by Crippen LogP contribution is 2.34. The Bertz CT molecular complexity index is 1460. The van der Waals surface area contributed by atoms with Crippen molar-refractivity contribution < 1.29 is 4.79 Å². The minimum Gasteiger partial charge on any atom is -0.351 e. The van der Waals surface area contributed by atoms with E-state index in [4.69, 9.17) is 0 Å². The minimum atomic E-state index is -0.161. The Morgan fingerprint density at radius 2 is 1.81 bits per heavy atom. The molecule has 5 heterocycles. The molecule has 1 aliphatic heterocycles. The third-order valence-corrected chi connectivity index (χ3v) is 6.20. The molecule has 2 N–H and O–H groups in total. The summed E-state index contributed by atoms with van der Waals surface area (Å²) in [7, 11) is 0. The van der Waals surface area contributed by atoms with Crippen LogP contribution < -0.4 is 4.90 Å². The van der Waals surface area contributed by atoms with Gasteiger partial charge in [-0.1, -0.05) is 30.3 Å². The van der Waals surface area contributed by atoms with Crippen molar-refractivity contribution in [3.63, 3.8) is 0 Å². The standard InChI is InChI=1S/C21H15BrN8O/c22-18-14-13-6-7-30(9-12(13)8-23-19(14)29-27-18)21-15-16(26-28-20(15)24-10-25-21)17(31)11-4-2-1-3-5-11/h1-5,8,10H,6-7,9H2,(H,23,27,29)(H,24,25,26,28). The van der Waals surface area contributed by atoms with Crippen LogP contribution in [0.5, 0.6) is 0 Å². The van der Waals surface area contributed by atoms with Crippen LogP contribution in [0.15, 0.2) is 47.5 Å². The van der Waals surface area contributed by atoms with Gasteiger partial charge in [0.05, 0.1) is 10.8 Å². The van der Waals surface area contributed by atoms with Crippen molar-refractivity contribution in [3.8, 4) is 0 Å². The molecule has 1 aromatic carbocycles. The Hall–Kier alpha value is -3.66. The maximum atomic E-state index is 13.1. The molecule has 0 saturated carbocycles. The van der Waals surface area contributed by atoms with Gasteiger partial charge in [-0.3, -0.25) is 15.0 Å². The van der Waals surface area contributed by atoms with E-state index in [1.54, 1.807) is 12.1 Å². The number of pyridine rings is 1. The first kappa shape index (κ1) is 18.1. The van der Waals surface area contributed by atoms with Gasteiger partial charge in [0.2, 0.25) is 5.78 Å². The highest BCUT2D eigenvalue weighted by Gasteiger charge is 2.27. The van der Waals surface area contributed by atoms with Crippen molar-refractivity contribution in [2.24, 2.45) is 0 Å². The monoisotopic (exact) mass is 474 g/mol. The van der Waals surface area contributed by atoms with E-state index in [0.29, 0.717) is 34.7 Å². The first-order chi connectivity index (χ1) is 15.2. The number of halogens is 1. The number of carbonyl (C=O) groups is 1. The molecule has 0 radical (unpaired) electrons. The zero-order valence-corrected chi connectivity index (χ0v) is 17.7. The van der Waals surface area contributed by atoms with E-state index in [-0.39, 0.29) is 5.78 Å². The van der Waals surface area contributed by atoms with Gasteiger partial charge in [0.1, 0.15) is 22.4 Å². The first-order valence-corrected chi connectivity index (χ1v) is 10.5. The van der Waals surface area contributed by atoms with Crippen LogP contribution in [0, 0.1) is 0 Å². The zero-order chi connectivity index (χ0) is 20.9. The Morgan fingerprint density at radius 3 is 2.68 bits per heavy atom. The molecule has 0 atom stereocenters. The Morgan fingerprint density at radius 1 is 1.00 bits per heavy atom. The number of benzene rings is 1. The van der Waals surface area contributed by atoms with Gasteiger partial charge in [-0.25, -0.2) is 15.0 Å². The van der Waals surface area contributed by atoms with Crippen molar-refractivity contribution in [1.29, 1.82) is 0 Å². The van der Waals surface area contributed by atoms with Gasteiger partial charge in [-0.05, 0) is 33.5 Å². The van der Waals surface area contributed by atoms with Crippen LogP contribution >= 0.6 is 15.9 Å². The van der Waals surface area contributed by atoms with Crippen LogP contribution in [0.25, 0.3) is 22.1 Å². The Kier molecular flexibility index (Phi) is 4.06. The zero-order valence-electron chi connectivity index (χ0n) is 16.1. The molecule has 0 fully saturated rings. The quantitative estimate of drug-likeness (QED) is 0.385. The van der Waals surface area contributed by atoms with Gasteiger partial charge in [-0.15, -0.1) is 0 Å². The van der Waals surface area contributed by atoms with Crippen molar-refractivity contribution in [2.75, 3.05) is 11.4 Å². The number of carbonyl (C=O) groups excluding carboxylic acids is 1. The number of H-pyrrole nitrogens is 2. The number of anilines is 1. The summed E-state index contributed by atoms with van der Waals surface area (Å²) in [6.45, 7) is 1.35. The fourth-order valence-electron chi connectivity index (χ4n) is 4.16. The van der Waals surface area contributed by atoms with E-state index < -0.39 is 0 Å². The smallest absolute Gasteiger partial charge is 0.214 e. The fourth-order valence-corrected chi connectivity index (χ4v) is 4.68. The second-order valence-electron chi connectivity index (χ2n) is 7.36. The third kappa shape index (κ3) is 2.82. The predicted octanol–water partition coefficient (Wildman–Crippen LogP) is 3.18. The number of rotatable bonds is 3. The van der Waals surface area contributed by atoms with E-state index in [0.717, 1.165) is 34.2 Å². The van der Waals surface area contributed by atoms with Crippen LogP contribution in [0.2, 0.25) is 0 Å². The summed E-state index contributed by atoms with van der Waals surface area (Å²) in [6, 6.07) is 9.11. The first-order valence-electron chi connectivity index (χ1n) is 9.75. The molecule has 31 heavy (non-hydrogen) atoms. The minimum absolute atomic E-state index is 0.161. The van der Waals surface area contributed by atoms with Crippen molar-refractivity contribution >= 4 is 49.6 Å². The molecule has 0 spiro atoms. The van der Waals surface area contributed by atoms with Crippen LogP contribution in [-0.2, 0) is 13.0 Å². The predicted molar refractivity (Wildman–Crippen MR) is 118 cm³/mol. The summed E-state index contributed by atoms with van der Waals surface area (Å²) < 4.78 is 0.773. The molecule has 5 aromatic rings. The normalized spacial score (nSPS) is 13.6. The molecule has 9 nitrogen and oxygen atoms in total. The maximum absolute atomic E-state index is 13.1. The van der Waals surface area contributed by atoms with Gasteiger partial charge in [0.15, 0.2) is 11.3 Å². The largest absolute Gasteiger partial charge is 0.351 e. The second-order valence-corrected chi connectivity index (χ2v) is 8.11. The number of aromatic nitrogens is 7. The van der Waals surface area contributed by atoms with Crippen molar-refractivity contribution in [1.82, 2.24) is 35.3 Å². The molecule has 0 saturated heterocycles. The summed E-state index contributed by atoms with van der Waals surface area (Å²) in [5.74, 6) is 0.529. The van der Waals surface area contributed by atoms with Gasteiger partial charge < -0.3 is 4.90 Å². The molecule has 0 aliphatic carbocycles. The molecule has 0 unspecified atom stereocenters. The molecule has 0 bridgehead atoms. The SMILES string of the molecule is O=C(c1ccccc1)c1n[nH]c2ncnc(N3CCc4c(cnc5[nH]nc(Br)c45)C3)c12. The molecular formula is C21H15BrN8O. The second kappa shape index (κ2) is 6.95. The van der Waals surface area contributed by atoms with E-state index in [9.17, 15) is 4.79 Å². The summed E-state index contributed by atoms with van der Waals surface area (Å²) in [6.07, 6.45) is 4.17. The molecule has 0 amide bonds. The van der Waals surface area contributed by atoms with E-state index in [1.807, 2.05) is 24.4 Å². The van der Waals surface area contributed by atoms with Crippen LogP contribution in [-0.4, -0.2) is 47.7 Å². The molecule has 1 aliphatic rings. The van der Waals surface area contributed by atoms with Gasteiger partial charge in [0.25, 0.3) is 0 Å². The summed E-state index contributed by atoms with van der Waals surface area (Å²) in [5.41, 5.74) is 4.54. The summed E-state index contributed by atoms with van der Waals surface area (Å²) in [5, 5.41) is 16.0. The van der Waals surface area contributed by atoms with Crippen molar-refractivity contribution in [3.05, 3.63) is 69.8 Å². The summed E-state index contributed by atoms with van der Waals surface area (Å²) in [4.78, 5) is 28.6. The number of nitrogens with zero attached hydrogens (tertiary/aromatic N) is 6. The lowest BCUT2D eigenvalue weighted by atomic mass is 9.98. The van der Waals surface area contributed by atoms with E-state index >= 15 is 0 Å². The lowest BCUT2D eigenvalue weighted by Crippen LogP contribution is -2.31. The number of hydrogen-bond acceptors (Lipinski definition) is 7. The number of ketones is 1. The fraction of sp³-hybridized carbons (Fsp3) is 0.143. The Labute approximate surface area is 184 Å². The average molecular weight is 475 g/mol. The molecule has 6 rings (SSSR count). The van der Waals surface area contributed by atoms with E-state index in [1.165, 1.54) is 11.9 Å². The van der Waals surface area contributed by atoms with Crippen LogP contribution in [0.3, 0.4) is 0 Å². The molecule has 152 valence electrons. The van der Waals surface area contributed by atoms with Gasteiger partial charge >= 0.3 is 0 Å². The van der Waals surface area contributed by atoms with Crippen molar-refractivity contribution in [2.45, 2.75) is 13.0 Å². The lowest BCUT2D eigenvalue weighted by Gasteiger charge is -2.30. The molecular weight excluding hydrogens is 460 g/mol. The third-order valence-electron chi connectivity index (χ3n) is 5.62. The topological polar surface area (TPSA) is 116 Å². The maximum Gasteiger partial charge on any atom is 0.214 e. The average Bonchev–Trinajstić information content (AvgIpc) is 3.42. The number of nitrogens with one attached hydrogen (secondary N) is 2. The molecule has 4 aromatic heterocycles. The van der Waals surface area contributed by atoms with Gasteiger partial charge in [-0.2, -0.15) is 10.2 Å². The van der Waals surface area contributed by atoms with Crippen LogP contribution in [0.4, 0.5) is 5.82 Å².